The number of benzene rings is 2. The molecule has 0 amide bonds. The summed E-state index contributed by atoms with van der Waals surface area (Å²) < 4.78 is 27.5. The molecule has 0 bridgehead atoms. The Morgan fingerprint density at radius 3 is 2.31 bits per heavy atom. The molecule has 26 heavy (non-hydrogen) atoms. The molecule has 2 aromatic carbocycles. The highest BCUT2D eigenvalue weighted by molar-refractivity contribution is 7.89. The van der Waals surface area contributed by atoms with Crippen molar-refractivity contribution in [3.8, 4) is 0 Å². The van der Waals surface area contributed by atoms with Gasteiger partial charge in [0.1, 0.15) is 0 Å². The molecule has 5 nitrogen and oxygen atoms in total. The van der Waals surface area contributed by atoms with E-state index in [1.165, 1.54) is 0 Å². The van der Waals surface area contributed by atoms with Crippen LogP contribution in [-0.4, -0.2) is 13.4 Å². The Balaban J connectivity index is 1.82. The molecule has 0 saturated carbocycles. The Bertz CT molecular complexity index is 1090. The summed E-state index contributed by atoms with van der Waals surface area (Å²) in [6.07, 6.45) is 0. The molecule has 136 valence electrons. The lowest BCUT2D eigenvalue weighted by atomic mass is 9.87. The molecule has 0 aliphatic rings. The first kappa shape index (κ1) is 18.4. The molecule has 6 heteroatoms. The van der Waals surface area contributed by atoms with Crippen molar-refractivity contribution in [3.63, 3.8) is 0 Å². The van der Waals surface area contributed by atoms with Crippen molar-refractivity contribution in [2.45, 2.75) is 37.6 Å². The van der Waals surface area contributed by atoms with Gasteiger partial charge in [0.15, 0.2) is 0 Å². The van der Waals surface area contributed by atoms with E-state index >= 15 is 0 Å². The number of rotatable bonds is 4. The number of hydrogen-bond donors (Lipinski definition) is 2. The Labute approximate surface area is 153 Å². The van der Waals surface area contributed by atoms with Crippen molar-refractivity contribution in [2.75, 3.05) is 0 Å². The van der Waals surface area contributed by atoms with Gasteiger partial charge in [0.2, 0.25) is 10.0 Å². The predicted octanol–water partition coefficient (Wildman–Crippen LogP) is 3.30. The van der Waals surface area contributed by atoms with Crippen LogP contribution < -0.4 is 10.3 Å². The van der Waals surface area contributed by atoms with E-state index in [0.29, 0.717) is 5.56 Å². The number of fused-ring (bicyclic) bond motifs is 1. The lowest BCUT2D eigenvalue weighted by molar-refractivity contribution is 0.578. The van der Waals surface area contributed by atoms with E-state index in [2.05, 4.69) is 30.5 Å². The van der Waals surface area contributed by atoms with E-state index in [0.717, 1.165) is 16.5 Å². The zero-order chi connectivity index (χ0) is 18.9. The zero-order valence-corrected chi connectivity index (χ0v) is 15.9. The molecule has 0 spiro atoms. The lowest BCUT2D eigenvalue weighted by Crippen LogP contribution is -2.27. The van der Waals surface area contributed by atoms with Crippen LogP contribution in [0, 0.1) is 0 Å². The van der Waals surface area contributed by atoms with Crippen molar-refractivity contribution in [3.05, 3.63) is 76.1 Å². The normalized spacial score (nSPS) is 12.4. The summed E-state index contributed by atoms with van der Waals surface area (Å²) >= 11 is 0. The third-order valence-electron chi connectivity index (χ3n) is 4.31. The second-order valence-corrected chi connectivity index (χ2v) is 9.08. The largest absolute Gasteiger partial charge is 0.322 e. The predicted molar refractivity (Wildman–Crippen MR) is 104 cm³/mol. The molecule has 3 rings (SSSR count). The van der Waals surface area contributed by atoms with Crippen LogP contribution in [0.1, 0.15) is 31.9 Å². The summed E-state index contributed by atoms with van der Waals surface area (Å²) in [5, 5.41) is 0.857. The number of aromatic nitrogens is 1. The number of hydrogen-bond acceptors (Lipinski definition) is 3. The summed E-state index contributed by atoms with van der Waals surface area (Å²) in [6.45, 7) is 6.14. The Morgan fingerprint density at radius 2 is 1.65 bits per heavy atom. The molecule has 0 fully saturated rings. The average Bonchev–Trinajstić information content (AvgIpc) is 2.59. The molecule has 0 unspecified atom stereocenters. The van der Waals surface area contributed by atoms with E-state index in [4.69, 9.17) is 0 Å². The molecular formula is C20H22N2O3S. The van der Waals surface area contributed by atoms with Gasteiger partial charge in [-0.25, -0.2) is 13.1 Å². The molecule has 0 saturated heterocycles. The molecule has 0 atom stereocenters. The topological polar surface area (TPSA) is 79.0 Å². The molecule has 3 aromatic rings. The highest BCUT2D eigenvalue weighted by Gasteiger charge is 2.18. The minimum atomic E-state index is -3.69. The zero-order valence-electron chi connectivity index (χ0n) is 15.0. The summed E-state index contributed by atoms with van der Waals surface area (Å²) in [5.74, 6) is 0. The van der Waals surface area contributed by atoms with Crippen molar-refractivity contribution < 1.29 is 8.42 Å². The first-order valence-electron chi connectivity index (χ1n) is 8.38. The SMILES string of the molecule is CC(C)(C)c1ccc(S(=O)(=O)NCc2cc3ccccc3[nH]c2=O)cc1. The quantitative estimate of drug-likeness (QED) is 0.739. The van der Waals surface area contributed by atoms with E-state index in [9.17, 15) is 13.2 Å². The van der Waals surface area contributed by atoms with Crippen LogP contribution in [0.3, 0.4) is 0 Å². The van der Waals surface area contributed by atoms with Gasteiger partial charge in [-0.1, -0.05) is 51.1 Å². The first-order valence-corrected chi connectivity index (χ1v) is 9.86. The molecule has 0 aliphatic carbocycles. The maximum Gasteiger partial charge on any atom is 0.252 e. The van der Waals surface area contributed by atoms with Crippen molar-refractivity contribution in [1.29, 1.82) is 0 Å². The minimum absolute atomic E-state index is 0.0475. The highest BCUT2D eigenvalue weighted by Crippen LogP contribution is 2.23. The van der Waals surface area contributed by atoms with E-state index in [-0.39, 0.29) is 22.4 Å². The van der Waals surface area contributed by atoms with Crippen LogP contribution in [0.5, 0.6) is 0 Å². The van der Waals surface area contributed by atoms with E-state index in [1.54, 1.807) is 18.2 Å². The van der Waals surface area contributed by atoms with Gasteiger partial charge in [0.25, 0.3) is 5.56 Å². The van der Waals surface area contributed by atoms with Gasteiger partial charge in [0, 0.05) is 17.6 Å². The summed E-state index contributed by atoms with van der Waals surface area (Å²) in [4.78, 5) is 15.1. The number of nitrogens with one attached hydrogen (secondary N) is 2. The van der Waals surface area contributed by atoms with Gasteiger partial charge in [0.05, 0.1) is 4.90 Å². The van der Waals surface area contributed by atoms with Gasteiger partial charge in [-0.3, -0.25) is 4.79 Å². The van der Waals surface area contributed by atoms with E-state index in [1.807, 2.05) is 36.4 Å². The molecule has 0 aliphatic heterocycles. The third kappa shape index (κ3) is 3.86. The smallest absolute Gasteiger partial charge is 0.252 e. The standard InChI is InChI=1S/C20H22N2O3S/c1-20(2,3)16-8-10-17(11-9-16)26(24,25)21-13-15-12-14-6-4-5-7-18(14)22-19(15)23/h4-12,21H,13H2,1-3H3,(H,22,23). The highest BCUT2D eigenvalue weighted by atomic mass is 32.2. The fourth-order valence-corrected chi connectivity index (χ4v) is 3.72. The number of pyridine rings is 1. The van der Waals surface area contributed by atoms with E-state index < -0.39 is 10.0 Å². The summed E-state index contributed by atoms with van der Waals surface area (Å²) in [7, 11) is -3.69. The molecular weight excluding hydrogens is 348 g/mol. The fraction of sp³-hybridized carbons (Fsp3) is 0.250. The van der Waals surface area contributed by atoms with Crippen LogP contribution in [-0.2, 0) is 22.0 Å². The Kier molecular flexibility index (Phi) is 4.73. The van der Waals surface area contributed by atoms with Crippen molar-refractivity contribution in [2.24, 2.45) is 0 Å². The third-order valence-corrected chi connectivity index (χ3v) is 5.73. The van der Waals surface area contributed by atoms with Gasteiger partial charge in [-0.2, -0.15) is 0 Å². The van der Waals surface area contributed by atoms with Crippen LogP contribution in [0.2, 0.25) is 0 Å². The molecule has 1 heterocycles. The van der Waals surface area contributed by atoms with Gasteiger partial charge in [-0.15, -0.1) is 0 Å². The summed E-state index contributed by atoms with van der Waals surface area (Å²) in [5.41, 5.74) is 1.81. The number of aromatic amines is 1. The number of para-hydroxylation sites is 1. The maximum atomic E-state index is 12.5. The maximum absolute atomic E-state index is 12.5. The second kappa shape index (κ2) is 6.70. The van der Waals surface area contributed by atoms with Gasteiger partial charge < -0.3 is 4.98 Å². The van der Waals surface area contributed by atoms with Crippen LogP contribution in [0.25, 0.3) is 10.9 Å². The van der Waals surface area contributed by atoms with Gasteiger partial charge in [-0.05, 0) is 40.6 Å². The van der Waals surface area contributed by atoms with Crippen molar-refractivity contribution >= 4 is 20.9 Å². The Morgan fingerprint density at radius 1 is 1.00 bits per heavy atom. The molecule has 0 radical (unpaired) electrons. The number of sulfonamides is 1. The minimum Gasteiger partial charge on any atom is -0.322 e. The molecule has 2 N–H and O–H groups in total. The van der Waals surface area contributed by atoms with Gasteiger partial charge >= 0.3 is 0 Å². The summed E-state index contributed by atoms with van der Waals surface area (Å²) in [6, 6.07) is 15.9. The second-order valence-electron chi connectivity index (χ2n) is 7.31. The van der Waals surface area contributed by atoms with Crippen LogP contribution >= 0.6 is 0 Å². The monoisotopic (exact) mass is 370 g/mol. The van der Waals surface area contributed by atoms with Crippen LogP contribution in [0.4, 0.5) is 0 Å². The lowest BCUT2D eigenvalue weighted by Gasteiger charge is -2.19. The number of H-pyrrole nitrogens is 1. The first-order chi connectivity index (χ1) is 12.2. The van der Waals surface area contributed by atoms with Crippen LogP contribution in [0.15, 0.2) is 64.3 Å². The van der Waals surface area contributed by atoms with Crippen molar-refractivity contribution in [1.82, 2.24) is 9.71 Å². The average molecular weight is 370 g/mol. The Hall–Kier alpha value is -2.44. The molecule has 1 aromatic heterocycles. The fourth-order valence-electron chi connectivity index (χ4n) is 2.71.